The molecule has 0 saturated carbocycles. The predicted octanol–water partition coefficient (Wildman–Crippen LogP) is 2.73. The number of nitrogens with one attached hydrogen (secondary N) is 3. The van der Waals surface area contributed by atoms with Crippen LogP contribution in [0.1, 0.15) is 19.3 Å². The van der Waals surface area contributed by atoms with E-state index in [0.717, 1.165) is 12.8 Å². The Labute approximate surface area is 118 Å². The molecule has 0 spiro atoms. The SMILES string of the molecule is CNC(=O)Nc1cccc(NC(=O)C[C@@H]2C=CCC2)c1. The number of urea groups is 1. The van der Waals surface area contributed by atoms with E-state index in [1.54, 1.807) is 31.3 Å². The zero-order valence-electron chi connectivity index (χ0n) is 11.5. The van der Waals surface area contributed by atoms with Gasteiger partial charge < -0.3 is 16.0 Å². The molecule has 0 heterocycles. The van der Waals surface area contributed by atoms with Crippen LogP contribution in [-0.4, -0.2) is 19.0 Å². The molecule has 5 heteroatoms. The molecule has 3 amide bonds. The number of benzene rings is 1. The highest BCUT2D eigenvalue weighted by Gasteiger charge is 2.14. The summed E-state index contributed by atoms with van der Waals surface area (Å²) in [5, 5.41) is 8.00. The fourth-order valence-electron chi connectivity index (χ4n) is 2.18. The Morgan fingerprint density at radius 1 is 1.25 bits per heavy atom. The van der Waals surface area contributed by atoms with Crippen LogP contribution < -0.4 is 16.0 Å². The lowest BCUT2D eigenvalue weighted by atomic mass is 10.1. The number of carbonyl (C=O) groups excluding carboxylic acids is 2. The van der Waals surface area contributed by atoms with Gasteiger partial charge in [-0.1, -0.05) is 18.2 Å². The van der Waals surface area contributed by atoms with Crippen LogP contribution in [0.4, 0.5) is 16.2 Å². The van der Waals surface area contributed by atoms with Crippen molar-refractivity contribution in [2.45, 2.75) is 19.3 Å². The first-order valence-electron chi connectivity index (χ1n) is 6.72. The molecule has 0 aromatic heterocycles. The lowest BCUT2D eigenvalue weighted by Crippen LogP contribution is -2.24. The number of hydrogen-bond acceptors (Lipinski definition) is 2. The van der Waals surface area contributed by atoms with Crippen molar-refractivity contribution in [3.63, 3.8) is 0 Å². The standard InChI is InChI=1S/C15H19N3O2/c1-16-15(20)18-13-8-4-7-12(10-13)17-14(19)9-11-5-2-3-6-11/h2,4-5,7-8,10-11H,3,6,9H2,1H3,(H,17,19)(H2,16,18,20)/t11-/m1/s1. The summed E-state index contributed by atoms with van der Waals surface area (Å²) in [5.41, 5.74) is 1.33. The highest BCUT2D eigenvalue weighted by atomic mass is 16.2. The van der Waals surface area contributed by atoms with Gasteiger partial charge in [-0.3, -0.25) is 4.79 Å². The third kappa shape index (κ3) is 4.12. The average Bonchev–Trinajstić information content (AvgIpc) is 2.91. The van der Waals surface area contributed by atoms with E-state index in [4.69, 9.17) is 0 Å². The van der Waals surface area contributed by atoms with Gasteiger partial charge in [0.25, 0.3) is 0 Å². The van der Waals surface area contributed by atoms with Crippen LogP contribution in [0.15, 0.2) is 36.4 Å². The van der Waals surface area contributed by atoms with E-state index in [1.165, 1.54) is 0 Å². The van der Waals surface area contributed by atoms with Gasteiger partial charge >= 0.3 is 6.03 Å². The summed E-state index contributed by atoms with van der Waals surface area (Å²) >= 11 is 0. The first-order chi connectivity index (χ1) is 9.67. The topological polar surface area (TPSA) is 70.2 Å². The van der Waals surface area contributed by atoms with Crippen molar-refractivity contribution in [3.8, 4) is 0 Å². The molecule has 0 bridgehead atoms. The van der Waals surface area contributed by atoms with Crippen molar-refractivity contribution in [1.29, 1.82) is 0 Å². The summed E-state index contributed by atoms with van der Waals surface area (Å²) in [6.07, 6.45) is 6.83. The molecule has 2 rings (SSSR count). The van der Waals surface area contributed by atoms with Gasteiger partial charge in [0, 0.05) is 24.8 Å². The van der Waals surface area contributed by atoms with Crippen molar-refractivity contribution in [1.82, 2.24) is 5.32 Å². The van der Waals surface area contributed by atoms with Gasteiger partial charge in [-0.15, -0.1) is 0 Å². The maximum Gasteiger partial charge on any atom is 0.318 e. The molecule has 1 aliphatic rings. The minimum Gasteiger partial charge on any atom is -0.341 e. The van der Waals surface area contributed by atoms with Gasteiger partial charge in [0.2, 0.25) is 5.91 Å². The summed E-state index contributed by atoms with van der Waals surface area (Å²) in [7, 11) is 1.55. The number of hydrogen-bond donors (Lipinski definition) is 3. The summed E-state index contributed by atoms with van der Waals surface area (Å²) in [5.74, 6) is 0.348. The number of allylic oxidation sites excluding steroid dienone is 2. The molecule has 1 aliphatic carbocycles. The molecule has 5 nitrogen and oxygen atoms in total. The number of anilines is 2. The molecule has 1 aromatic rings. The molecular weight excluding hydrogens is 254 g/mol. The summed E-state index contributed by atoms with van der Waals surface area (Å²) in [6, 6.07) is 6.81. The number of carbonyl (C=O) groups is 2. The highest BCUT2D eigenvalue weighted by molar-refractivity contribution is 5.93. The molecule has 0 saturated heterocycles. The Bertz CT molecular complexity index is 526. The van der Waals surface area contributed by atoms with Crippen molar-refractivity contribution in [2.75, 3.05) is 17.7 Å². The van der Waals surface area contributed by atoms with E-state index in [1.807, 2.05) is 0 Å². The van der Waals surface area contributed by atoms with E-state index in [0.29, 0.717) is 23.7 Å². The van der Waals surface area contributed by atoms with Crippen LogP contribution >= 0.6 is 0 Å². The normalized spacial score (nSPS) is 16.8. The Kier molecular flexibility index (Phi) is 4.76. The van der Waals surface area contributed by atoms with E-state index in [2.05, 4.69) is 28.1 Å². The fourth-order valence-corrected chi connectivity index (χ4v) is 2.18. The molecule has 1 aromatic carbocycles. The lowest BCUT2D eigenvalue weighted by molar-refractivity contribution is -0.116. The van der Waals surface area contributed by atoms with E-state index < -0.39 is 0 Å². The van der Waals surface area contributed by atoms with E-state index >= 15 is 0 Å². The molecule has 1 atom stereocenters. The van der Waals surface area contributed by atoms with Crippen LogP contribution in [0, 0.1) is 5.92 Å². The molecule has 0 unspecified atom stereocenters. The molecule has 106 valence electrons. The van der Waals surface area contributed by atoms with Gasteiger partial charge in [0.1, 0.15) is 0 Å². The summed E-state index contributed by atoms with van der Waals surface area (Å²) in [6.45, 7) is 0. The van der Waals surface area contributed by atoms with Crippen molar-refractivity contribution >= 4 is 23.3 Å². The Hall–Kier alpha value is -2.30. The minimum absolute atomic E-state index is 0.00126. The first kappa shape index (κ1) is 14.1. The van der Waals surface area contributed by atoms with E-state index in [9.17, 15) is 9.59 Å². The van der Waals surface area contributed by atoms with Crippen LogP contribution in [-0.2, 0) is 4.79 Å². The Morgan fingerprint density at radius 2 is 2.00 bits per heavy atom. The quantitative estimate of drug-likeness (QED) is 0.738. The average molecular weight is 273 g/mol. The van der Waals surface area contributed by atoms with Crippen LogP contribution in [0.25, 0.3) is 0 Å². The first-order valence-corrected chi connectivity index (χ1v) is 6.72. The van der Waals surface area contributed by atoms with Crippen molar-refractivity contribution in [3.05, 3.63) is 36.4 Å². The highest BCUT2D eigenvalue weighted by Crippen LogP contribution is 2.21. The maximum absolute atomic E-state index is 11.9. The molecule has 0 radical (unpaired) electrons. The second kappa shape index (κ2) is 6.75. The molecule has 0 fully saturated rings. The van der Waals surface area contributed by atoms with Crippen LogP contribution in [0.3, 0.4) is 0 Å². The summed E-state index contributed by atoms with van der Waals surface area (Å²) < 4.78 is 0. The van der Waals surface area contributed by atoms with Crippen molar-refractivity contribution in [2.24, 2.45) is 5.92 Å². The van der Waals surface area contributed by atoms with Crippen molar-refractivity contribution < 1.29 is 9.59 Å². The maximum atomic E-state index is 11.9. The Balaban J connectivity index is 1.91. The predicted molar refractivity (Wildman–Crippen MR) is 79.6 cm³/mol. The molecule has 3 N–H and O–H groups in total. The van der Waals surface area contributed by atoms with Gasteiger partial charge in [-0.05, 0) is 37.0 Å². The monoisotopic (exact) mass is 273 g/mol. The third-order valence-corrected chi connectivity index (χ3v) is 3.19. The zero-order valence-corrected chi connectivity index (χ0v) is 11.5. The Morgan fingerprint density at radius 3 is 2.65 bits per heavy atom. The van der Waals surface area contributed by atoms with Gasteiger partial charge in [-0.2, -0.15) is 0 Å². The lowest BCUT2D eigenvalue weighted by Gasteiger charge is -2.10. The molecular formula is C15H19N3O2. The fraction of sp³-hybridized carbons (Fsp3) is 0.333. The minimum atomic E-state index is -0.287. The zero-order chi connectivity index (χ0) is 14.4. The molecule has 20 heavy (non-hydrogen) atoms. The van der Waals surface area contributed by atoms with Crippen LogP contribution in [0.2, 0.25) is 0 Å². The smallest absolute Gasteiger partial charge is 0.318 e. The second-order valence-electron chi connectivity index (χ2n) is 4.80. The van der Waals surface area contributed by atoms with Gasteiger partial charge in [-0.25, -0.2) is 4.79 Å². The summed E-state index contributed by atoms with van der Waals surface area (Å²) in [4.78, 5) is 23.1. The number of amides is 3. The van der Waals surface area contributed by atoms with Crippen LogP contribution in [0.5, 0.6) is 0 Å². The second-order valence-corrected chi connectivity index (χ2v) is 4.80. The van der Waals surface area contributed by atoms with Gasteiger partial charge in [0.15, 0.2) is 0 Å². The number of rotatable bonds is 4. The third-order valence-electron chi connectivity index (χ3n) is 3.19. The van der Waals surface area contributed by atoms with Gasteiger partial charge in [0.05, 0.1) is 0 Å². The molecule has 0 aliphatic heterocycles. The van der Waals surface area contributed by atoms with E-state index in [-0.39, 0.29) is 11.9 Å². The largest absolute Gasteiger partial charge is 0.341 e.